The Hall–Kier alpha value is -3.89. The van der Waals surface area contributed by atoms with E-state index >= 15 is 0 Å². The van der Waals surface area contributed by atoms with Gasteiger partial charge in [-0.3, -0.25) is 0 Å². The highest BCUT2D eigenvalue weighted by Gasteiger charge is 2.43. The van der Waals surface area contributed by atoms with Crippen LogP contribution < -0.4 is 15.4 Å². The fourth-order valence-electron chi connectivity index (χ4n) is 5.53. The maximum absolute atomic E-state index is 12.6. The smallest absolute Gasteiger partial charge is 0.410 e. The summed E-state index contributed by atoms with van der Waals surface area (Å²) < 4.78 is 17.5. The second-order valence-corrected chi connectivity index (χ2v) is 13.7. The molecule has 12 nitrogen and oxygen atoms in total. The van der Waals surface area contributed by atoms with Gasteiger partial charge in [0.2, 0.25) is 17.6 Å². The van der Waals surface area contributed by atoms with Gasteiger partial charge in [0.1, 0.15) is 29.0 Å². The monoisotopic (exact) mass is 608 g/mol. The first kappa shape index (κ1) is 30.6. The van der Waals surface area contributed by atoms with Gasteiger partial charge in [-0.15, -0.1) is 11.3 Å². The van der Waals surface area contributed by atoms with Crippen molar-refractivity contribution in [2.45, 2.75) is 58.0 Å². The van der Waals surface area contributed by atoms with Gasteiger partial charge in [0.15, 0.2) is 0 Å². The molecule has 0 radical (unpaired) electrons. The lowest BCUT2D eigenvalue weighted by Crippen LogP contribution is -2.50. The third-order valence-corrected chi connectivity index (χ3v) is 8.83. The van der Waals surface area contributed by atoms with Crippen molar-refractivity contribution in [1.82, 2.24) is 24.9 Å². The Morgan fingerprint density at radius 1 is 1.23 bits per heavy atom. The van der Waals surface area contributed by atoms with Crippen LogP contribution in [0.15, 0.2) is 16.7 Å². The van der Waals surface area contributed by atoms with E-state index in [-0.39, 0.29) is 6.09 Å². The second-order valence-electron chi connectivity index (χ2n) is 12.5. The van der Waals surface area contributed by atoms with E-state index in [1.54, 1.807) is 4.90 Å². The Morgan fingerprint density at radius 3 is 2.65 bits per heavy atom. The van der Waals surface area contributed by atoms with Crippen molar-refractivity contribution in [1.29, 1.82) is 5.26 Å². The van der Waals surface area contributed by atoms with Crippen molar-refractivity contribution in [3.63, 3.8) is 0 Å². The number of amides is 1. The highest BCUT2D eigenvalue weighted by atomic mass is 32.1. The zero-order valence-corrected chi connectivity index (χ0v) is 26.6. The zero-order chi connectivity index (χ0) is 30.9. The molecule has 2 aliphatic rings. The number of nitrogen functional groups attached to an aromatic ring is 1. The number of carbonyl (C=O) groups excluding carboxylic acids is 1. The number of hydrogen-bond acceptors (Lipinski definition) is 12. The molecule has 230 valence electrons. The van der Waals surface area contributed by atoms with E-state index in [9.17, 15) is 10.1 Å². The number of carbonyl (C=O) groups is 1. The van der Waals surface area contributed by atoms with Crippen molar-refractivity contribution in [3.05, 3.63) is 34.0 Å². The number of nitriles is 1. The summed E-state index contributed by atoms with van der Waals surface area (Å²) in [5, 5.41) is 14.7. The Bertz CT molecular complexity index is 1510. The predicted molar refractivity (Wildman–Crippen MR) is 164 cm³/mol. The summed E-state index contributed by atoms with van der Waals surface area (Å²) in [6.07, 6.45) is 2.27. The summed E-state index contributed by atoms with van der Waals surface area (Å²) >= 11 is 1.47. The fraction of sp³-hybridized carbons (Fsp3) is 0.567. The molecule has 5 rings (SSSR count). The van der Waals surface area contributed by atoms with Gasteiger partial charge >= 0.3 is 6.09 Å². The molecule has 1 fully saturated rings. The third-order valence-electron chi connectivity index (χ3n) is 7.75. The Labute approximate surface area is 256 Å². The number of fused-ring (bicyclic) bond motifs is 1. The minimum absolute atomic E-state index is 0.305. The average Bonchev–Trinajstić information content (AvgIpc) is 3.57. The SMILES string of the molecule is CN(C)CCOc1cc(N2CCN(C(=O)OC(C)(C)C)CC2)cc(-c2noc(C3(C)CCCc4sc(N)c(C#N)c43)n2)n1. The number of anilines is 2. The number of ether oxygens (including phenoxy) is 2. The summed E-state index contributed by atoms with van der Waals surface area (Å²) in [7, 11) is 3.97. The molecule has 13 heteroatoms. The lowest BCUT2D eigenvalue weighted by Gasteiger charge is -2.36. The number of likely N-dealkylation sites (N-methyl/N-ethyl adjacent to an activating group) is 1. The topological polar surface area (TPSA) is 147 Å². The number of aryl methyl sites for hydroxylation is 1. The molecule has 1 amide bonds. The zero-order valence-electron chi connectivity index (χ0n) is 25.8. The molecule has 3 aromatic rings. The van der Waals surface area contributed by atoms with Gasteiger partial charge in [-0.1, -0.05) is 5.16 Å². The minimum Gasteiger partial charge on any atom is -0.476 e. The van der Waals surface area contributed by atoms with Gasteiger partial charge in [-0.25, -0.2) is 9.78 Å². The molecule has 1 saturated heterocycles. The van der Waals surface area contributed by atoms with Gasteiger partial charge in [0, 0.05) is 54.9 Å². The number of hydrogen-bond donors (Lipinski definition) is 1. The molecule has 43 heavy (non-hydrogen) atoms. The molecule has 2 N–H and O–H groups in total. The van der Waals surface area contributed by atoms with Gasteiger partial charge in [-0.2, -0.15) is 10.2 Å². The summed E-state index contributed by atoms with van der Waals surface area (Å²) in [4.78, 5) is 29.2. The molecular weight excluding hydrogens is 568 g/mol. The number of pyridine rings is 1. The number of nitrogens with zero attached hydrogens (tertiary/aromatic N) is 7. The second kappa shape index (κ2) is 12.0. The average molecular weight is 609 g/mol. The number of nitrogens with two attached hydrogens (primary N) is 1. The van der Waals surface area contributed by atoms with E-state index in [1.807, 2.05) is 58.8 Å². The number of piperazine rings is 1. The Balaban J connectivity index is 1.43. The van der Waals surface area contributed by atoms with E-state index in [0.717, 1.165) is 41.9 Å². The Morgan fingerprint density at radius 2 is 1.98 bits per heavy atom. The molecule has 4 heterocycles. The third kappa shape index (κ3) is 6.55. The molecule has 0 saturated carbocycles. The first-order valence-corrected chi connectivity index (χ1v) is 15.4. The van der Waals surface area contributed by atoms with Crippen LogP contribution in [0.3, 0.4) is 0 Å². The van der Waals surface area contributed by atoms with Crippen LogP contribution in [0.2, 0.25) is 0 Å². The lowest BCUT2D eigenvalue weighted by molar-refractivity contribution is 0.0240. The number of rotatable bonds is 7. The quantitative estimate of drug-likeness (QED) is 0.410. The molecule has 1 unspecified atom stereocenters. The maximum Gasteiger partial charge on any atom is 0.410 e. The van der Waals surface area contributed by atoms with Gasteiger partial charge < -0.3 is 34.4 Å². The molecule has 0 aromatic carbocycles. The van der Waals surface area contributed by atoms with Gasteiger partial charge in [0.25, 0.3) is 0 Å². The maximum atomic E-state index is 12.6. The minimum atomic E-state index is -0.626. The van der Waals surface area contributed by atoms with Crippen molar-refractivity contribution >= 4 is 28.1 Å². The van der Waals surface area contributed by atoms with E-state index in [2.05, 4.69) is 16.1 Å². The predicted octanol–water partition coefficient (Wildman–Crippen LogP) is 4.29. The van der Waals surface area contributed by atoms with Crippen LogP contribution in [0.25, 0.3) is 11.5 Å². The summed E-state index contributed by atoms with van der Waals surface area (Å²) in [6.45, 7) is 11.1. The van der Waals surface area contributed by atoms with Crippen LogP contribution >= 0.6 is 11.3 Å². The first-order chi connectivity index (χ1) is 20.4. The summed E-state index contributed by atoms with van der Waals surface area (Å²) in [5.74, 6) is 1.24. The normalized spacial score (nSPS) is 18.8. The van der Waals surface area contributed by atoms with Crippen LogP contribution in [0.4, 0.5) is 15.5 Å². The van der Waals surface area contributed by atoms with E-state index < -0.39 is 11.0 Å². The molecule has 1 aliphatic carbocycles. The van der Waals surface area contributed by atoms with E-state index in [0.29, 0.717) is 66.6 Å². The van der Waals surface area contributed by atoms with Crippen molar-refractivity contribution in [3.8, 4) is 23.5 Å². The highest BCUT2D eigenvalue weighted by molar-refractivity contribution is 7.16. The van der Waals surface area contributed by atoms with Crippen LogP contribution in [-0.4, -0.2) is 90.0 Å². The largest absolute Gasteiger partial charge is 0.476 e. The molecule has 1 aliphatic heterocycles. The van der Waals surface area contributed by atoms with Crippen molar-refractivity contribution in [2.24, 2.45) is 0 Å². The molecule has 0 bridgehead atoms. The summed E-state index contributed by atoms with van der Waals surface area (Å²) in [5.41, 5.74) is 7.86. The fourth-order valence-corrected chi connectivity index (χ4v) is 6.72. The van der Waals surface area contributed by atoms with Crippen LogP contribution in [-0.2, 0) is 16.6 Å². The number of aromatic nitrogens is 3. The molecule has 0 spiro atoms. The van der Waals surface area contributed by atoms with Crippen LogP contribution in [0, 0.1) is 11.3 Å². The van der Waals surface area contributed by atoms with Crippen LogP contribution in [0.1, 0.15) is 62.4 Å². The number of thiophene rings is 1. The highest BCUT2D eigenvalue weighted by Crippen LogP contribution is 2.48. The summed E-state index contributed by atoms with van der Waals surface area (Å²) in [6, 6.07) is 6.13. The first-order valence-electron chi connectivity index (χ1n) is 14.6. The molecule has 1 atom stereocenters. The van der Waals surface area contributed by atoms with E-state index in [1.165, 1.54) is 11.3 Å². The lowest BCUT2D eigenvalue weighted by atomic mass is 9.72. The van der Waals surface area contributed by atoms with E-state index in [4.69, 9.17) is 29.7 Å². The van der Waals surface area contributed by atoms with Gasteiger partial charge in [0.05, 0.1) is 11.0 Å². The molecule has 3 aromatic heterocycles. The standard InChI is InChI=1S/C30H40N8O4S/c1-29(2,3)41-28(39)38-12-10-37(11-13-38)19-16-21(33-23(17-19)40-15-14-36(5)6)26-34-27(42-35-26)30(4)9-7-8-22-24(30)20(18-31)25(32)43-22/h16-17H,7-15,32H2,1-6H3. The van der Waals surface area contributed by atoms with Crippen molar-refractivity contribution < 1.29 is 18.8 Å². The van der Waals surface area contributed by atoms with Crippen LogP contribution in [0.5, 0.6) is 5.88 Å². The van der Waals surface area contributed by atoms with Gasteiger partial charge in [-0.05, 0) is 67.1 Å². The Kier molecular flexibility index (Phi) is 8.54. The van der Waals surface area contributed by atoms with Crippen molar-refractivity contribution in [2.75, 3.05) is 64.1 Å². The molecular formula is C30H40N8O4S.